The van der Waals surface area contributed by atoms with Crippen molar-refractivity contribution in [3.63, 3.8) is 0 Å². The van der Waals surface area contributed by atoms with Crippen LogP contribution in [0.25, 0.3) is 5.69 Å². The Balaban J connectivity index is 2.34. The summed E-state index contributed by atoms with van der Waals surface area (Å²) in [5.41, 5.74) is 4.37. The number of rotatable bonds is 4. The van der Waals surface area contributed by atoms with Crippen molar-refractivity contribution in [2.45, 2.75) is 20.8 Å². The Morgan fingerprint density at radius 1 is 1.18 bits per heavy atom. The van der Waals surface area contributed by atoms with Crippen LogP contribution in [0.4, 0.5) is 0 Å². The Labute approximate surface area is 129 Å². The van der Waals surface area contributed by atoms with Crippen LogP contribution in [0.1, 0.15) is 27.3 Å². The van der Waals surface area contributed by atoms with Gasteiger partial charge in [0.2, 0.25) is 0 Å². The lowest BCUT2D eigenvalue weighted by Gasteiger charge is -2.12. The lowest BCUT2D eigenvalue weighted by atomic mass is 10.2. The van der Waals surface area contributed by atoms with Gasteiger partial charge in [-0.2, -0.15) is 0 Å². The van der Waals surface area contributed by atoms with Gasteiger partial charge in [0.1, 0.15) is 0 Å². The Morgan fingerprint density at radius 3 is 2.50 bits per heavy atom. The molecule has 1 aromatic heterocycles. The van der Waals surface area contributed by atoms with Gasteiger partial charge in [0, 0.05) is 24.1 Å². The predicted octanol–water partition coefficient (Wildman–Crippen LogP) is 2.31. The topological polar surface area (TPSA) is 60.3 Å². The van der Waals surface area contributed by atoms with Crippen LogP contribution in [0.15, 0.2) is 30.3 Å². The van der Waals surface area contributed by atoms with Crippen molar-refractivity contribution in [1.29, 1.82) is 0 Å². The van der Waals surface area contributed by atoms with Crippen LogP contribution in [-0.4, -0.2) is 30.1 Å². The van der Waals surface area contributed by atoms with E-state index in [0.717, 1.165) is 22.6 Å². The summed E-state index contributed by atoms with van der Waals surface area (Å²) >= 11 is 0. The number of nitrogens with zero attached hydrogens (tertiary/aromatic N) is 1. The van der Waals surface area contributed by atoms with Crippen molar-refractivity contribution in [2.75, 3.05) is 13.7 Å². The summed E-state index contributed by atoms with van der Waals surface area (Å²) in [6.07, 6.45) is 0. The summed E-state index contributed by atoms with van der Waals surface area (Å²) in [5.74, 6) is -0.822. The fourth-order valence-electron chi connectivity index (χ4n) is 2.44. The molecular formula is C17H20N2O3. The summed E-state index contributed by atoms with van der Waals surface area (Å²) in [4.78, 5) is 23.3. The quantitative estimate of drug-likeness (QED) is 0.881. The van der Waals surface area contributed by atoms with E-state index in [4.69, 9.17) is 4.74 Å². The number of hydrogen-bond donors (Lipinski definition) is 1. The van der Waals surface area contributed by atoms with Crippen molar-refractivity contribution in [2.24, 2.45) is 0 Å². The zero-order valence-electron chi connectivity index (χ0n) is 13.3. The molecule has 5 heteroatoms. The molecular weight excluding hydrogens is 280 g/mol. The molecule has 116 valence electrons. The van der Waals surface area contributed by atoms with Crippen LogP contribution in [0.3, 0.4) is 0 Å². The third-order valence-electron chi connectivity index (χ3n) is 3.62. The first-order chi connectivity index (χ1) is 10.5. The Bertz CT molecular complexity index is 717. The summed E-state index contributed by atoms with van der Waals surface area (Å²) < 4.78 is 7.05. The number of ether oxygens (including phenoxy) is 1. The molecule has 0 saturated heterocycles. The molecule has 0 aliphatic rings. The molecule has 5 nitrogen and oxygen atoms in total. The van der Waals surface area contributed by atoms with Gasteiger partial charge >= 0.3 is 5.97 Å². The second-order valence-corrected chi connectivity index (χ2v) is 5.16. The molecule has 0 spiro atoms. The van der Waals surface area contributed by atoms with E-state index < -0.39 is 5.97 Å². The van der Waals surface area contributed by atoms with Gasteiger partial charge in [-0.15, -0.1) is 0 Å². The average molecular weight is 300 g/mol. The van der Waals surface area contributed by atoms with E-state index in [-0.39, 0.29) is 12.5 Å². The number of aromatic nitrogens is 1. The molecule has 22 heavy (non-hydrogen) atoms. The summed E-state index contributed by atoms with van der Waals surface area (Å²) in [6, 6.07) is 9.76. The minimum atomic E-state index is -0.489. The third-order valence-corrected chi connectivity index (χ3v) is 3.62. The van der Waals surface area contributed by atoms with Crippen LogP contribution >= 0.6 is 0 Å². The second kappa shape index (κ2) is 6.47. The number of likely N-dealkylation sites (N-methyl/N-ethyl adjacent to an activating group) is 1. The maximum atomic E-state index is 12.2. The largest absolute Gasteiger partial charge is 0.452 e. The van der Waals surface area contributed by atoms with Crippen molar-refractivity contribution in [3.8, 4) is 5.69 Å². The SMILES string of the molecule is CNC(=O)COC(=O)c1cc(C)n(-c2ccccc2C)c1C. The maximum absolute atomic E-state index is 12.2. The highest BCUT2D eigenvalue weighted by molar-refractivity contribution is 5.93. The van der Waals surface area contributed by atoms with E-state index >= 15 is 0 Å². The lowest BCUT2D eigenvalue weighted by molar-refractivity contribution is -0.123. The normalized spacial score (nSPS) is 10.4. The van der Waals surface area contributed by atoms with Gasteiger partial charge < -0.3 is 14.6 Å². The van der Waals surface area contributed by atoms with Gasteiger partial charge in [0.15, 0.2) is 6.61 Å². The molecule has 1 amide bonds. The molecule has 1 N–H and O–H groups in total. The zero-order chi connectivity index (χ0) is 16.3. The Hall–Kier alpha value is -2.56. The fraction of sp³-hybridized carbons (Fsp3) is 0.294. The van der Waals surface area contributed by atoms with Crippen molar-refractivity contribution in [1.82, 2.24) is 9.88 Å². The number of benzene rings is 1. The monoisotopic (exact) mass is 300 g/mol. The highest BCUT2D eigenvalue weighted by Crippen LogP contribution is 2.23. The number of aryl methyl sites for hydroxylation is 2. The predicted molar refractivity (Wildman–Crippen MR) is 84.3 cm³/mol. The number of amides is 1. The number of hydrogen-bond acceptors (Lipinski definition) is 3. The molecule has 0 aliphatic heterocycles. The van der Waals surface area contributed by atoms with Crippen LogP contribution < -0.4 is 5.32 Å². The molecule has 1 heterocycles. The number of nitrogens with one attached hydrogen (secondary N) is 1. The molecule has 0 fully saturated rings. The maximum Gasteiger partial charge on any atom is 0.340 e. The average Bonchev–Trinajstić information content (AvgIpc) is 2.80. The zero-order valence-corrected chi connectivity index (χ0v) is 13.3. The van der Waals surface area contributed by atoms with E-state index in [9.17, 15) is 9.59 Å². The Kier molecular flexibility index (Phi) is 4.65. The highest BCUT2D eigenvalue weighted by Gasteiger charge is 2.19. The number of para-hydroxylation sites is 1. The fourth-order valence-corrected chi connectivity index (χ4v) is 2.44. The molecule has 0 bridgehead atoms. The molecule has 0 unspecified atom stereocenters. The molecule has 0 aliphatic carbocycles. The van der Waals surface area contributed by atoms with Gasteiger partial charge in [0.25, 0.3) is 5.91 Å². The molecule has 2 rings (SSSR count). The summed E-state index contributed by atoms with van der Waals surface area (Å²) in [5, 5.41) is 2.41. The first-order valence-electron chi connectivity index (χ1n) is 7.08. The lowest BCUT2D eigenvalue weighted by Crippen LogP contribution is -2.25. The van der Waals surface area contributed by atoms with E-state index in [1.54, 1.807) is 6.07 Å². The van der Waals surface area contributed by atoms with E-state index in [1.807, 2.05) is 49.6 Å². The molecule has 0 radical (unpaired) electrons. The number of carbonyl (C=O) groups is 2. The van der Waals surface area contributed by atoms with E-state index in [0.29, 0.717) is 5.56 Å². The van der Waals surface area contributed by atoms with E-state index in [1.165, 1.54) is 7.05 Å². The van der Waals surface area contributed by atoms with Gasteiger partial charge in [-0.1, -0.05) is 18.2 Å². The Morgan fingerprint density at radius 2 is 1.86 bits per heavy atom. The van der Waals surface area contributed by atoms with Gasteiger partial charge in [0.05, 0.1) is 5.56 Å². The standard InChI is InChI=1S/C17H20N2O3/c1-11-7-5-6-8-15(11)19-12(2)9-14(13(19)3)17(21)22-10-16(20)18-4/h5-9H,10H2,1-4H3,(H,18,20). The smallest absolute Gasteiger partial charge is 0.340 e. The molecule has 0 atom stereocenters. The minimum absolute atomic E-state index is 0.274. The van der Waals surface area contributed by atoms with Crippen LogP contribution in [0.5, 0.6) is 0 Å². The van der Waals surface area contributed by atoms with Gasteiger partial charge in [-0.3, -0.25) is 4.79 Å². The summed E-state index contributed by atoms with van der Waals surface area (Å²) in [6.45, 7) is 5.56. The first kappa shape index (κ1) is 15.8. The van der Waals surface area contributed by atoms with Crippen molar-refractivity contribution >= 4 is 11.9 Å². The third kappa shape index (κ3) is 3.03. The number of esters is 1. The van der Waals surface area contributed by atoms with Gasteiger partial charge in [-0.25, -0.2) is 4.79 Å². The molecule has 0 saturated carbocycles. The van der Waals surface area contributed by atoms with Crippen LogP contribution in [-0.2, 0) is 9.53 Å². The van der Waals surface area contributed by atoms with Gasteiger partial charge in [-0.05, 0) is 38.5 Å². The second-order valence-electron chi connectivity index (χ2n) is 5.16. The minimum Gasteiger partial charge on any atom is -0.452 e. The highest BCUT2D eigenvalue weighted by atomic mass is 16.5. The molecule has 2 aromatic rings. The summed E-state index contributed by atoms with van der Waals surface area (Å²) in [7, 11) is 1.50. The van der Waals surface area contributed by atoms with E-state index in [2.05, 4.69) is 5.32 Å². The first-order valence-corrected chi connectivity index (χ1v) is 7.08. The van der Waals surface area contributed by atoms with Crippen molar-refractivity contribution in [3.05, 3.63) is 52.8 Å². The van der Waals surface area contributed by atoms with Crippen LogP contribution in [0.2, 0.25) is 0 Å². The van der Waals surface area contributed by atoms with Crippen molar-refractivity contribution < 1.29 is 14.3 Å². The van der Waals surface area contributed by atoms with Crippen LogP contribution in [0, 0.1) is 20.8 Å². The molecule has 1 aromatic carbocycles. The number of carbonyl (C=O) groups excluding carboxylic acids is 2.